The van der Waals surface area contributed by atoms with Crippen molar-refractivity contribution in [2.45, 2.75) is 49.7 Å². The van der Waals surface area contributed by atoms with Crippen molar-refractivity contribution < 1.29 is 13.2 Å². The molecule has 152 valence electrons. The van der Waals surface area contributed by atoms with Crippen LogP contribution in [0.2, 0.25) is 0 Å². The zero-order valence-corrected chi connectivity index (χ0v) is 17.8. The summed E-state index contributed by atoms with van der Waals surface area (Å²) in [5.74, 6) is 0.00985. The van der Waals surface area contributed by atoms with Crippen LogP contribution in [0.15, 0.2) is 16.3 Å². The quantitative estimate of drug-likeness (QED) is 0.664. The molecule has 0 unspecified atom stereocenters. The average molecular weight is 414 g/mol. The van der Waals surface area contributed by atoms with Gasteiger partial charge in [0, 0.05) is 30.4 Å². The molecule has 2 fully saturated rings. The second-order valence-electron chi connectivity index (χ2n) is 7.45. The number of rotatable bonds is 8. The molecule has 0 bridgehead atoms. The summed E-state index contributed by atoms with van der Waals surface area (Å²) in [5.41, 5.74) is 0. The van der Waals surface area contributed by atoms with Crippen molar-refractivity contribution in [2.24, 2.45) is 5.92 Å². The van der Waals surface area contributed by atoms with Crippen LogP contribution < -0.4 is 5.32 Å². The fourth-order valence-electron chi connectivity index (χ4n) is 3.84. The summed E-state index contributed by atoms with van der Waals surface area (Å²) in [6, 6.07) is 3.60. The normalized spacial score (nSPS) is 20.2. The number of sulfonamides is 1. The van der Waals surface area contributed by atoms with E-state index in [2.05, 4.69) is 10.2 Å². The van der Waals surface area contributed by atoms with Crippen molar-refractivity contribution in [1.82, 2.24) is 14.5 Å². The summed E-state index contributed by atoms with van der Waals surface area (Å²) in [6.45, 7) is 7.01. The third-order valence-electron chi connectivity index (χ3n) is 5.55. The van der Waals surface area contributed by atoms with Crippen molar-refractivity contribution in [3.05, 3.63) is 17.0 Å². The lowest BCUT2D eigenvalue weighted by Gasteiger charge is -2.30. The highest BCUT2D eigenvalue weighted by Gasteiger charge is 2.32. The Morgan fingerprint density at radius 2 is 1.89 bits per heavy atom. The lowest BCUT2D eigenvalue weighted by Crippen LogP contribution is -2.43. The molecule has 0 aromatic carbocycles. The van der Waals surface area contributed by atoms with Gasteiger partial charge in [-0.3, -0.25) is 4.79 Å². The van der Waals surface area contributed by atoms with Gasteiger partial charge in [-0.15, -0.1) is 11.3 Å². The number of nitrogens with zero attached hydrogens (tertiary/aromatic N) is 2. The zero-order chi connectivity index (χ0) is 19.3. The minimum absolute atomic E-state index is 0.0715. The predicted molar refractivity (Wildman–Crippen MR) is 108 cm³/mol. The summed E-state index contributed by atoms with van der Waals surface area (Å²) in [4.78, 5) is 15.9. The van der Waals surface area contributed by atoms with Gasteiger partial charge in [-0.1, -0.05) is 6.92 Å². The third-order valence-corrected chi connectivity index (χ3v) is 9.15. The molecule has 27 heavy (non-hydrogen) atoms. The molecule has 0 saturated carbocycles. The molecule has 1 N–H and O–H groups in total. The van der Waals surface area contributed by atoms with E-state index < -0.39 is 10.0 Å². The molecule has 0 spiro atoms. The van der Waals surface area contributed by atoms with E-state index in [0.29, 0.717) is 36.7 Å². The Kier molecular flexibility index (Phi) is 7.30. The van der Waals surface area contributed by atoms with Gasteiger partial charge in [-0.25, -0.2) is 8.42 Å². The van der Waals surface area contributed by atoms with Gasteiger partial charge in [0.1, 0.15) is 4.21 Å². The lowest BCUT2D eigenvalue weighted by atomic mass is 9.97. The number of carbonyl (C=O) groups is 1. The van der Waals surface area contributed by atoms with Crippen LogP contribution in [0.5, 0.6) is 0 Å². The van der Waals surface area contributed by atoms with E-state index in [-0.39, 0.29) is 11.8 Å². The van der Waals surface area contributed by atoms with Crippen LogP contribution in [0.1, 0.15) is 43.9 Å². The number of thiophene rings is 1. The number of carbonyl (C=O) groups excluding carboxylic acids is 1. The average Bonchev–Trinajstić information content (AvgIpc) is 3.37. The molecule has 0 radical (unpaired) electrons. The van der Waals surface area contributed by atoms with Crippen LogP contribution in [0.3, 0.4) is 0 Å². The molecular formula is C19H31N3O3S2. The molecule has 1 aromatic rings. The van der Waals surface area contributed by atoms with Crippen LogP contribution in [-0.4, -0.2) is 62.8 Å². The fourth-order valence-corrected chi connectivity index (χ4v) is 6.76. The first-order valence-electron chi connectivity index (χ1n) is 10.1. The van der Waals surface area contributed by atoms with Gasteiger partial charge in [-0.05, 0) is 70.3 Å². The van der Waals surface area contributed by atoms with Crippen molar-refractivity contribution in [2.75, 3.05) is 39.3 Å². The Balaban J connectivity index is 1.41. The number of amides is 1. The highest BCUT2D eigenvalue weighted by Crippen LogP contribution is 2.28. The Morgan fingerprint density at radius 3 is 2.52 bits per heavy atom. The van der Waals surface area contributed by atoms with E-state index in [1.165, 1.54) is 41.6 Å². The molecule has 3 heterocycles. The molecular weight excluding hydrogens is 382 g/mol. The maximum Gasteiger partial charge on any atom is 0.252 e. The second-order valence-corrected chi connectivity index (χ2v) is 10.8. The maximum atomic E-state index is 12.8. The highest BCUT2D eigenvalue weighted by molar-refractivity contribution is 7.91. The topological polar surface area (TPSA) is 69.7 Å². The van der Waals surface area contributed by atoms with Crippen molar-refractivity contribution >= 4 is 27.3 Å². The zero-order valence-electron chi connectivity index (χ0n) is 16.2. The number of likely N-dealkylation sites (tertiary alicyclic amines) is 1. The number of hydrogen-bond acceptors (Lipinski definition) is 5. The molecule has 1 amide bonds. The van der Waals surface area contributed by atoms with Gasteiger partial charge in [0.05, 0.1) is 0 Å². The number of piperidine rings is 1. The summed E-state index contributed by atoms with van der Waals surface area (Å²) < 4.78 is 27.5. The largest absolute Gasteiger partial charge is 0.356 e. The van der Waals surface area contributed by atoms with E-state index >= 15 is 0 Å². The minimum atomic E-state index is -3.42. The molecule has 6 nitrogen and oxygen atoms in total. The number of nitrogens with one attached hydrogen (secondary N) is 1. The Bertz CT molecular complexity index is 718. The molecule has 3 rings (SSSR count). The first kappa shape index (κ1) is 20.8. The molecule has 0 aliphatic carbocycles. The summed E-state index contributed by atoms with van der Waals surface area (Å²) >= 11 is 1.35. The standard InChI is InChI=1S/C19H31N3O3S2/c1-2-17-6-7-18(26-17)27(24,25)22-14-8-16(9-15-22)19(23)20-10-5-13-21-11-3-4-12-21/h6-7,16H,2-5,8-15H2,1H3,(H,20,23). The van der Waals surface area contributed by atoms with Crippen molar-refractivity contribution in [3.63, 3.8) is 0 Å². The van der Waals surface area contributed by atoms with Gasteiger partial charge >= 0.3 is 0 Å². The summed E-state index contributed by atoms with van der Waals surface area (Å²) in [5, 5.41) is 3.04. The van der Waals surface area contributed by atoms with E-state index in [4.69, 9.17) is 0 Å². The highest BCUT2D eigenvalue weighted by atomic mass is 32.2. The van der Waals surface area contributed by atoms with Gasteiger partial charge < -0.3 is 10.2 Å². The molecule has 1 aromatic heterocycles. The van der Waals surface area contributed by atoms with Crippen molar-refractivity contribution in [3.8, 4) is 0 Å². The minimum Gasteiger partial charge on any atom is -0.356 e. The van der Waals surface area contributed by atoms with E-state index in [9.17, 15) is 13.2 Å². The molecule has 8 heteroatoms. The summed E-state index contributed by atoms with van der Waals surface area (Å²) in [7, 11) is -3.42. The van der Waals surface area contributed by atoms with Crippen LogP contribution in [-0.2, 0) is 21.2 Å². The molecule has 2 saturated heterocycles. The Labute approximate surface area is 167 Å². The molecule has 0 atom stereocenters. The Hall–Kier alpha value is -0.960. The van der Waals surface area contributed by atoms with Gasteiger partial charge in [0.25, 0.3) is 10.0 Å². The fraction of sp³-hybridized carbons (Fsp3) is 0.737. The number of aryl methyl sites for hydroxylation is 1. The van der Waals surface area contributed by atoms with Gasteiger partial charge in [0.15, 0.2) is 0 Å². The third kappa shape index (κ3) is 5.31. The van der Waals surface area contributed by atoms with E-state index in [1.807, 2.05) is 13.0 Å². The molecule has 2 aliphatic heterocycles. The van der Waals surface area contributed by atoms with E-state index in [1.54, 1.807) is 6.07 Å². The number of hydrogen-bond donors (Lipinski definition) is 1. The first-order valence-corrected chi connectivity index (χ1v) is 12.4. The summed E-state index contributed by atoms with van der Waals surface area (Å²) in [6.07, 6.45) is 5.61. The smallest absolute Gasteiger partial charge is 0.252 e. The van der Waals surface area contributed by atoms with Gasteiger partial charge in [-0.2, -0.15) is 4.31 Å². The van der Waals surface area contributed by atoms with Gasteiger partial charge in [0.2, 0.25) is 5.91 Å². The van der Waals surface area contributed by atoms with Crippen LogP contribution in [0.25, 0.3) is 0 Å². The SMILES string of the molecule is CCc1ccc(S(=O)(=O)N2CCC(C(=O)NCCCN3CCCC3)CC2)s1. The van der Waals surface area contributed by atoms with Crippen LogP contribution in [0, 0.1) is 5.92 Å². The maximum absolute atomic E-state index is 12.8. The Morgan fingerprint density at radius 1 is 1.19 bits per heavy atom. The first-order chi connectivity index (χ1) is 13.0. The lowest BCUT2D eigenvalue weighted by molar-refractivity contribution is -0.126. The second kappa shape index (κ2) is 9.49. The van der Waals surface area contributed by atoms with E-state index in [0.717, 1.165) is 24.3 Å². The molecule has 2 aliphatic rings. The van der Waals surface area contributed by atoms with Crippen molar-refractivity contribution in [1.29, 1.82) is 0 Å². The predicted octanol–water partition coefficient (Wildman–Crippen LogP) is 2.31. The van der Waals surface area contributed by atoms with Crippen LogP contribution in [0.4, 0.5) is 0 Å². The monoisotopic (exact) mass is 413 g/mol. The van der Waals surface area contributed by atoms with Crippen LogP contribution >= 0.6 is 11.3 Å².